The van der Waals surface area contributed by atoms with Gasteiger partial charge in [-0.3, -0.25) is 9.78 Å². The molecule has 0 aromatic carbocycles. The fraction of sp³-hybridized carbons (Fsp3) is 0.600. The molecule has 1 N–H and O–H groups in total. The average Bonchev–Trinajstić information content (AvgIpc) is 2.46. The van der Waals surface area contributed by atoms with Crippen molar-refractivity contribution in [1.29, 1.82) is 0 Å². The van der Waals surface area contributed by atoms with Crippen LogP contribution in [0.4, 0.5) is 0 Å². The Morgan fingerprint density at radius 3 is 3.10 bits per heavy atom. The molecule has 1 aliphatic heterocycles. The van der Waals surface area contributed by atoms with Crippen LogP contribution in [-0.2, 0) is 0 Å². The lowest BCUT2D eigenvalue weighted by molar-refractivity contribution is -0.0886. The third-order valence-corrected chi connectivity index (χ3v) is 5.02. The molecule has 1 aromatic heterocycles. The van der Waals surface area contributed by atoms with Gasteiger partial charge in [0.25, 0.3) is 5.91 Å². The van der Waals surface area contributed by atoms with Crippen molar-refractivity contribution in [3.05, 3.63) is 29.0 Å². The zero-order chi connectivity index (χ0) is 14.2. The van der Waals surface area contributed by atoms with Gasteiger partial charge in [0.05, 0.1) is 16.2 Å². The Balaban J connectivity index is 1.76. The maximum atomic E-state index is 12.5. The van der Waals surface area contributed by atoms with Crippen LogP contribution in [0.3, 0.4) is 0 Å². The van der Waals surface area contributed by atoms with E-state index in [1.165, 1.54) is 6.20 Å². The van der Waals surface area contributed by atoms with Gasteiger partial charge in [-0.15, -0.1) is 0 Å². The summed E-state index contributed by atoms with van der Waals surface area (Å²) >= 11 is 6.04. The number of piperidine rings is 1. The number of hydrogen-bond donors (Lipinski definition) is 1. The Hall–Kier alpha value is -1.13. The van der Waals surface area contributed by atoms with E-state index in [-0.39, 0.29) is 11.8 Å². The van der Waals surface area contributed by atoms with Crippen molar-refractivity contribution >= 4 is 17.5 Å². The van der Waals surface area contributed by atoms with Crippen LogP contribution in [0.1, 0.15) is 42.5 Å². The molecule has 1 saturated carbocycles. The van der Waals surface area contributed by atoms with Crippen molar-refractivity contribution in [1.82, 2.24) is 9.88 Å². The van der Waals surface area contributed by atoms with Crippen LogP contribution in [0.25, 0.3) is 0 Å². The van der Waals surface area contributed by atoms with Gasteiger partial charge < -0.3 is 10.0 Å². The van der Waals surface area contributed by atoms with E-state index in [9.17, 15) is 9.90 Å². The maximum absolute atomic E-state index is 12.5. The quantitative estimate of drug-likeness (QED) is 0.866. The summed E-state index contributed by atoms with van der Waals surface area (Å²) in [6, 6.07) is 1.66. The molecule has 1 amide bonds. The number of carbonyl (C=O) groups is 1. The van der Waals surface area contributed by atoms with Gasteiger partial charge >= 0.3 is 0 Å². The van der Waals surface area contributed by atoms with Gasteiger partial charge in [0.15, 0.2) is 0 Å². The first-order valence-electron chi connectivity index (χ1n) is 7.21. The number of fused-ring (bicyclic) bond motifs is 1. The lowest BCUT2D eigenvalue weighted by Gasteiger charge is -2.47. The molecular weight excluding hydrogens is 276 g/mol. The highest BCUT2D eigenvalue weighted by molar-refractivity contribution is 6.33. The number of hydrogen-bond acceptors (Lipinski definition) is 3. The zero-order valence-corrected chi connectivity index (χ0v) is 12.1. The van der Waals surface area contributed by atoms with Gasteiger partial charge in [0.1, 0.15) is 0 Å². The van der Waals surface area contributed by atoms with E-state index in [2.05, 4.69) is 4.98 Å². The number of nitrogens with zero attached hydrogens (tertiary/aromatic N) is 2. The molecule has 0 radical (unpaired) electrons. The molecule has 3 rings (SSSR count). The molecule has 2 heterocycles. The first-order chi connectivity index (χ1) is 9.60. The molecule has 108 valence electrons. The van der Waals surface area contributed by atoms with Crippen LogP contribution >= 0.6 is 11.6 Å². The second kappa shape index (κ2) is 5.34. The van der Waals surface area contributed by atoms with E-state index in [1.54, 1.807) is 12.3 Å². The third kappa shape index (κ3) is 2.42. The summed E-state index contributed by atoms with van der Waals surface area (Å²) in [4.78, 5) is 18.3. The number of amides is 1. The first kappa shape index (κ1) is 13.8. The van der Waals surface area contributed by atoms with Crippen molar-refractivity contribution in [3.63, 3.8) is 0 Å². The smallest absolute Gasteiger partial charge is 0.255 e. The van der Waals surface area contributed by atoms with Crippen LogP contribution in [0.15, 0.2) is 18.5 Å². The topological polar surface area (TPSA) is 53.4 Å². The molecule has 2 unspecified atom stereocenters. The number of aliphatic hydroxyl groups is 1. The Morgan fingerprint density at radius 2 is 2.30 bits per heavy atom. The van der Waals surface area contributed by atoms with E-state index in [4.69, 9.17) is 11.6 Å². The van der Waals surface area contributed by atoms with Gasteiger partial charge in [0, 0.05) is 31.4 Å². The number of pyridine rings is 1. The maximum Gasteiger partial charge on any atom is 0.255 e. The van der Waals surface area contributed by atoms with Crippen molar-refractivity contribution in [3.8, 4) is 0 Å². The molecule has 1 saturated heterocycles. The predicted octanol–water partition coefficient (Wildman–Crippen LogP) is 2.50. The van der Waals surface area contributed by atoms with Gasteiger partial charge in [-0.05, 0) is 25.3 Å². The summed E-state index contributed by atoms with van der Waals surface area (Å²) in [5, 5.41) is 11.0. The minimum absolute atomic E-state index is 0.0509. The van der Waals surface area contributed by atoms with Crippen molar-refractivity contribution in [2.45, 2.75) is 37.7 Å². The van der Waals surface area contributed by atoms with Crippen LogP contribution in [0.5, 0.6) is 0 Å². The Labute approximate surface area is 123 Å². The summed E-state index contributed by atoms with van der Waals surface area (Å²) in [6.07, 6.45) is 7.87. The van der Waals surface area contributed by atoms with Crippen molar-refractivity contribution in [2.24, 2.45) is 5.92 Å². The van der Waals surface area contributed by atoms with E-state index >= 15 is 0 Å². The van der Waals surface area contributed by atoms with Crippen molar-refractivity contribution in [2.75, 3.05) is 13.1 Å². The van der Waals surface area contributed by atoms with Gasteiger partial charge in [-0.25, -0.2) is 0 Å². The summed E-state index contributed by atoms with van der Waals surface area (Å²) in [5.74, 6) is 0.152. The van der Waals surface area contributed by atoms with Crippen LogP contribution in [-0.4, -0.2) is 39.6 Å². The largest absolute Gasteiger partial charge is 0.389 e. The van der Waals surface area contributed by atoms with Gasteiger partial charge in [-0.1, -0.05) is 24.4 Å². The molecule has 2 fully saturated rings. The van der Waals surface area contributed by atoms with E-state index in [0.29, 0.717) is 30.1 Å². The Bertz CT molecular complexity index is 522. The molecule has 4 nitrogen and oxygen atoms in total. The number of aromatic nitrogens is 1. The number of halogens is 1. The average molecular weight is 295 g/mol. The van der Waals surface area contributed by atoms with Crippen LogP contribution in [0.2, 0.25) is 5.02 Å². The van der Waals surface area contributed by atoms with E-state index in [0.717, 1.165) is 25.7 Å². The Morgan fingerprint density at radius 1 is 1.45 bits per heavy atom. The second-order valence-electron chi connectivity index (χ2n) is 5.90. The highest BCUT2D eigenvalue weighted by Crippen LogP contribution is 2.40. The van der Waals surface area contributed by atoms with Gasteiger partial charge in [-0.2, -0.15) is 0 Å². The zero-order valence-electron chi connectivity index (χ0n) is 11.4. The Kier molecular flexibility index (Phi) is 3.69. The molecule has 5 heteroatoms. The molecule has 2 aliphatic rings. The number of carbonyl (C=O) groups excluding carboxylic acids is 1. The molecule has 0 bridgehead atoms. The lowest BCUT2D eigenvalue weighted by Crippen LogP contribution is -2.54. The fourth-order valence-corrected chi connectivity index (χ4v) is 3.67. The summed E-state index contributed by atoms with van der Waals surface area (Å²) in [6.45, 7) is 1.23. The number of rotatable bonds is 1. The molecule has 2 atom stereocenters. The molecular formula is C15H19ClN2O2. The monoisotopic (exact) mass is 294 g/mol. The summed E-state index contributed by atoms with van der Waals surface area (Å²) < 4.78 is 0. The van der Waals surface area contributed by atoms with Crippen LogP contribution in [0, 0.1) is 5.92 Å². The standard InChI is InChI=1S/C15H19ClN2O2/c16-13-9-17-7-4-12(13)14(19)18-8-6-15(20)5-2-1-3-11(15)10-18/h4,7,9,11,20H,1-3,5-6,8,10H2. The molecule has 1 aromatic rings. The number of likely N-dealkylation sites (tertiary alicyclic amines) is 1. The van der Waals surface area contributed by atoms with E-state index < -0.39 is 5.60 Å². The normalized spacial score (nSPS) is 29.9. The fourth-order valence-electron chi connectivity index (χ4n) is 3.47. The first-order valence-corrected chi connectivity index (χ1v) is 7.59. The minimum Gasteiger partial charge on any atom is -0.389 e. The molecule has 0 spiro atoms. The van der Waals surface area contributed by atoms with E-state index in [1.807, 2.05) is 4.90 Å². The lowest BCUT2D eigenvalue weighted by atomic mass is 9.71. The highest BCUT2D eigenvalue weighted by Gasteiger charge is 2.43. The highest BCUT2D eigenvalue weighted by atomic mass is 35.5. The predicted molar refractivity (Wildman–Crippen MR) is 76.7 cm³/mol. The van der Waals surface area contributed by atoms with Gasteiger partial charge in [0.2, 0.25) is 0 Å². The summed E-state index contributed by atoms with van der Waals surface area (Å²) in [5.41, 5.74) is -0.0558. The second-order valence-corrected chi connectivity index (χ2v) is 6.31. The third-order valence-electron chi connectivity index (χ3n) is 4.72. The van der Waals surface area contributed by atoms with Crippen molar-refractivity contribution < 1.29 is 9.90 Å². The SMILES string of the molecule is O=C(c1ccncc1Cl)N1CCC2(O)CCCCC2C1. The summed E-state index contributed by atoms with van der Waals surface area (Å²) in [7, 11) is 0. The molecule has 20 heavy (non-hydrogen) atoms. The minimum atomic E-state index is -0.558. The van der Waals surface area contributed by atoms with Crippen LogP contribution < -0.4 is 0 Å². The molecule has 1 aliphatic carbocycles.